The van der Waals surface area contributed by atoms with Crippen LogP contribution >= 0.6 is 0 Å². The maximum absolute atomic E-state index is 12.8. The van der Waals surface area contributed by atoms with Crippen molar-refractivity contribution in [2.24, 2.45) is 0 Å². The molecule has 0 aliphatic rings. The van der Waals surface area contributed by atoms with Crippen molar-refractivity contribution in [3.63, 3.8) is 0 Å². The highest BCUT2D eigenvalue weighted by atomic mass is 19.2. The van der Waals surface area contributed by atoms with Crippen molar-refractivity contribution in [1.29, 1.82) is 5.26 Å². The molecule has 0 aliphatic carbocycles. The molecule has 0 aliphatic heterocycles. The standard InChI is InChI=1S/C8H3F2NO2/c9-6-4(3-11)1-2-5(7(6)10)8(12)13/h1-2H,(H,12,13). The summed E-state index contributed by atoms with van der Waals surface area (Å²) in [7, 11) is 0. The number of carboxylic acids is 1. The molecule has 0 bridgehead atoms. The first-order chi connectivity index (χ1) is 6.07. The van der Waals surface area contributed by atoms with Crippen molar-refractivity contribution in [2.75, 3.05) is 0 Å². The molecule has 0 unspecified atom stereocenters. The summed E-state index contributed by atoms with van der Waals surface area (Å²) in [5.74, 6) is -4.50. The molecule has 1 aromatic carbocycles. The van der Waals surface area contributed by atoms with E-state index < -0.39 is 28.7 Å². The highest BCUT2D eigenvalue weighted by Crippen LogP contribution is 2.15. The fraction of sp³-hybridized carbons (Fsp3) is 0. The predicted molar refractivity (Wildman–Crippen MR) is 38.0 cm³/mol. The summed E-state index contributed by atoms with van der Waals surface area (Å²) < 4.78 is 25.6. The summed E-state index contributed by atoms with van der Waals surface area (Å²) in [6, 6.07) is 3.16. The van der Waals surface area contributed by atoms with E-state index in [1.807, 2.05) is 0 Å². The van der Waals surface area contributed by atoms with Gasteiger partial charge in [0.05, 0.1) is 11.1 Å². The van der Waals surface area contributed by atoms with E-state index in [-0.39, 0.29) is 0 Å². The molecule has 1 rings (SSSR count). The van der Waals surface area contributed by atoms with Crippen molar-refractivity contribution in [2.45, 2.75) is 0 Å². The zero-order valence-electron chi connectivity index (χ0n) is 6.21. The summed E-state index contributed by atoms with van der Waals surface area (Å²) in [6.07, 6.45) is 0. The summed E-state index contributed by atoms with van der Waals surface area (Å²) in [5, 5.41) is 16.6. The normalized spacial score (nSPS) is 9.31. The lowest BCUT2D eigenvalue weighted by molar-refractivity contribution is 0.0690. The van der Waals surface area contributed by atoms with Crippen LogP contribution in [0.3, 0.4) is 0 Å². The Morgan fingerprint density at radius 2 is 2.00 bits per heavy atom. The van der Waals surface area contributed by atoms with Crippen LogP contribution < -0.4 is 0 Å². The van der Waals surface area contributed by atoms with Gasteiger partial charge in [0.15, 0.2) is 11.6 Å². The minimum atomic E-state index is -1.57. The van der Waals surface area contributed by atoms with Gasteiger partial charge in [-0.25, -0.2) is 13.6 Å². The van der Waals surface area contributed by atoms with Gasteiger partial charge in [-0.05, 0) is 12.1 Å². The molecule has 0 amide bonds. The van der Waals surface area contributed by atoms with Crippen molar-refractivity contribution < 1.29 is 18.7 Å². The molecule has 1 aromatic rings. The average Bonchev–Trinajstić information content (AvgIpc) is 2.09. The lowest BCUT2D eigenvalue weighted by atomic mass is 10.1. The Labute approximate surface area is 71.8 Å². The number of hydrogen-bond acceptors (Lipinski definition) is 2. The average molecular weight is 183 g/mol. The molecule has 0 atom stereocenters. The molecule has 3 nitrogen and oxygen atoms in total. The predicted octanol–water partition coefficient (Wildman–Crippen LogP) is 1.53. The summed E-state index contributed by atoms with van der Waals surface area (Å²) in [4.78, 5) is 10.3. The van der Waals surface area contributed by atoms with Crippen LogP contribution in [0.1, 0.15) is 15.9 Å². The monoisotopic (exact) mass is 183 g/mol. The van der Waals surface area contributed by atoms with Gasteiger partial charge in [-0.3, -0.25) is 0 Å². The smallest absolute Gasteiger partial charge is 0.338 e. The number of rotatable bonds is 1. The maximum atomic E-state index is 12.8. The second kappa shape index (κ2) is 3.19. The van der Waals surface area contributed by atoms with Gasteiger partial charge in [0.1, 0.15) is 6.07 Å². The third-order valence-corrected chi connectivity index (χ3v) is 1.43. The molecule has 1 N–H and O–H groups in total. The van der Waals surface area contributed by atoms with Crippen LogP contribution in [0.5, 0.6) is 0 Å². The Hall–Kier alpha value is -1.96. The van der Waals surface area contributed by atoms with E-state index in [0.29, 0.717) is 0 Å². The second-order valence-electron chi connectivity index (χ2n) is 2.21. The van der Waals surface area contributed by atoms with Gasteiger partial charge in [-0.15, -0.1) is 0 Å². The van der Waals surface area contributed by atoms with Gasteiger partial charge >= 0.3 is 5.97 Å². The zero-order chi connectivity index (χ0) is 10.0. The van der Waals surface area contributed by atoms with Crippen LogP contribution in [0.15, 0.2) is 12.1 Å². The van der Waals surface area contributed by atoms with Crippen LogP contribution in [-0.4, -0.2) is 11.1 Å². The van der Waals surface area contributed by atoms with Crippen LogP contribution in [-0.2, 0) is 0 Å². The van der Waals surface area contributed by atoms with E-state index in [9.17, 15) is 13.6 Å². The fourth-order valence-electron chi connectivity index (χ4n) is 0.801. The van der Waals surface area contributed by atoms with E-state index in [0.717, 1.165) is 12.1 Å². The van der Waals surface area contributed by atoms with E-state index >= 15 is 0 Å². The molecule has 0 aromatic heterocycles. The van der Waals surface area contributed by atoms with Crippen molar-refractivity contribution >= 4 is 5.97 Å². The Morgan fingerprint density at radius 1 is 1.38 bits per heavy atom. The molecular formula is C8H3F2NO2. The molecule has 0 saturated carbocycles. The van der Waals surface area contributed by atoms with Gasteiger partial charge in [-0.1, -0.05) is 0 Å². The number of nitrogens with zero attached hydrogens (tertiary/aromatic N) is 1. The summed E-state index contributed by atoms with van der Waals surface area (Å²) in [5.41, 5.74) is -1.29. The van der Waals surface area contributed by atoms with Crippen molar-refractivity contribution in [3.05, 3.63) is 34.9 Å². The molecular weight excluding hydrogens is 180 g/mol. The van der Waals surface area contributed by atoms with E-state index in [4.69, 9.17) is 10.4 Å². The number of halogens is 2. The molecule has 13 heavy (non-hydrogen) atoms. The maximum Gasteiger partial charge on any atom is 0.338 e. The Bertz CT molecular complexity index is 409. The third kappa shape index (κ3) is 1.47. The highest BCUT2D eigenvalue weighted by Gasteiger charge is 2.17. The number of carboxylic acid groups (broad SMARTS) is 1. The first-order valence-electron chi connectivity index (χ1n) is 3.19. The van der Waals surface area contributed by atoms with Gasteiger partial charge in [-0.2, -0.15) is 5.26 Å². The van der Waals surface area contributed by atoms with E-state index in [1.54, 1.807) is 0 Å². The van der Waals surface area contributed by atoms with Gasteiger partial charge in [0, 0.05) is 0 Å². The molecule has 5 heteroatoms. The minimum absolute atomic E-state index is 0.512. The number of hydrogen-bond donors (Lipinski definition) is 1. The largest absolute Gasteiger partial charge is 0.478 e. The number of aromatic carboxylic acids is 1. The summed E-state index contributed by atoms with van der Waals surface area (Å²) in [6.45, 7) is 0. The molecule has 0 radical (unpaired) electrons. The lowest BCUT2D eigenvalue weighted by Crippen LogP contribution is -2.03. The van der Waals surface area contributed by atoms with Gasteiger partial charge in [0.2, 0.25) is 0 Å². The van der Waals surface area contributed by atoms with Gasteiger partial charge in [0.25, 0.3) is 0 Å². The molecule has 0 heterocycles. The minimum Gasteiger partial charge on any atom is -0.478 e. The fourth-order valence-corrected chi connectivity index (χ4v) is 0.801. The zero-order valence-corrected chi connectivity index (χ0v) is 6.21. The molecule has 0 spiro atoms. The number of nitriles is 1. The lowest BCUT2D eigenvalue weighted by Gasteiger charge is -1.98. The van der Waals surface area contributed by atoms with Crippen LogP contribution in [0, 0.1) is 23.0 Å². The van der Waals surface area contributed by atoms with Crippen LogP contribution in [0.25, 0.3) is 0 Å². The SMILES string of the molecule is N#Cc1ccc(C(=O)O)c(F)c1F. The van der Waals surface area contributed by atoms with E-state index in [1.165, 1.54) is 6.07 Å². The Kier molecular flexibility index (Phi) is 2.24. The first-order valence-corrected chi connectivity index (χ1v) is 3.19. The van der Waals surface area contributed by atoms with Gasteiger partial charge < -0.3 is 5.11 Å². The highest BCUT2D eigenvalue weighted by molar-refractivity contribution is 5.88. The van der Waals surface area contributed by atoms with Crippen LogP contribution in [0.2, 0.25) is 0 Å². The first kappa shape index (κ1) is 9.13. The molecule has 66 valence electrons. The topological polar surface area (TPSA) is 61.1 Å². The molecule has 0 fully saturated rings. The quantitative estimate of drug-likeness (QED) is 0.718. The molecule has 0 saturated heterocycles. The van der Waals surface area contributed by atoms with Crippen molar-refractivity contribution in [1.82, 2.24) is 0 Å². The third-order valence-electron chi connectivity index (χ3n) is 1.43. The van der Waals surface area contributed by atoms with E-state index in [2.05, 4.69) is 0 Å². The number of carbonyl (C=O) groups is 1. The Morgan fingerprint density at radius 3 is 2.46 bits per heavy atom. The second-order valence-corrected chi connectivity index (χ2v) is 2.21. The number of benzene rings is 1. The summed E-state index contributed by atoms with van der Waals surface area (Å²) >= 11 is 0. The Balaban J connectivity index is 3.42. The van der Waals surface area contributed by atoms with Crippen LogP contribution in [0.4, 0.5) is 8.78 Å². The van der Waals surface area contributed by atoms with Crippen molar-refractivity contribution in [3.8, 4) is 6.07 Å².